The van der Waals surface area contributed by atoms with Crippen LogP contribution in [-0.4, -0.2) is 0 Å². The normalized spacial score (nSPS) is 7.44. The molecule has 0 atom stereocenters. The minimum Gasteiger partial charge on any atom is -0.281 e. The molecule has 0 aliphatic rings. The fraction of sp³-hybridized carbons (Fsp3) is 0.143. The van der Waals surface area contributed by atoms with Gasteiger partial charge in [-0.15, -0.1) is 12.8 Å². The van der Waals surface area contributed by atoms with Gasteiger partial charge in [0.05, 0.1) is 0 Å². The zero-order valence-corrected chi connectivity index (χ0v) is 6.31. The van der Waals surface area contributed by atoms with E-state index in [0.717, 1.165) is 0 Å². The van der Waals surface area contributed by atoms with Crippen molar-refractivity contribution >= 4 is 12.8 Å². The highest BCUT2D eigenvalue weighted by molar-refractivity contribution is 7.77. The molecule has 1 aromatic carbocycles. The monoisotopic (exact) mass is 141 g/mol. The molecule has 0 aliphatic heterocycles. The van der Waals surface area contributed by atoms with Crippen LogP contribution in [0.1, 0.15) is 5.56 Å². The molecule has 0 spiro atoms. The Morgan fingerprint density at radius 2 is 1.56 bits per heavy atom. The fourth-order valence-electron chi connectivity index (χ4n) is 0.534. The summed E-state index contributed by atoms with van der Waals surface area (Å²) in [5.74, 6) is 0. The predicted molar refractivity (Wildman–Crippen MR) is 44.4 cm³/mol. The number of nitrogens with two attached hydrogens (primary N) is 1. The minimum absolute atomic E-state index is 1.32. The summed E-state index contributed by atoms with van der Waals surface area (Å²) in [6.07, 6.45) is 0. The molecule has 9 heavy (non-hydrogen) atoms. The van der Waals surface area contributed by atoms with Gasteiger partial charge in [0.25, 0.3) is 0 Å². The number of hydrogen-bond acceptors (Lipinski definition) is 2. The molecule has 0 fully saturated rings. The second-order valence-corrected chi connectivity index (χ2v) is 1.65. The van der Waals surface area contributed by atoms with Crippen molar-refractivity contribution in [2.45, 2.75) is 6.92 Å². The lowest BCUT2D eigenvalue weighted by molar-refractivity contribution is 1.48. The van der Waals surface area contributed by atoms with Crippen LogP contribution in [0.2, 0.25) is 0 Å². The highest BCUT2D eigenvalue weighted by Crippen LogP contribution is 1.92. The third-order valence-corrected chi connectivity index (χ3v) is 0.940. The maximum absolute atomic E-state index is 4.19. The van der Waals surface area contributed by atoms with Gasteiger partial charge in [-0.05, 0) is 6.92 Å². The predicted octanol–water partition coefficient (Wildman–Crippen LogP) is 1.78. The summed E-state index contributed by atoms with van der Waals surface area (Å²) in [4.78, 5) is 0. The van der Waals surface area contributed by atoms with Crippen molar-refractivity contribution in [1.29, 1.82) is 0 Å². The number of thiol groups is 1. The Bertz CT molecular complexity index is 139. The molecule has 1 nitrogen and oxygen atoms in total. The van der Waals surface area contributed by atoms with E-state index >= 15 is 0 Å². The van der Waals surface area contributed by atoms with Gasteiger partial charge in [0.15, 0.2) is 0 Å². The van der Waals surface area contributed by atoms with E-state index in [9.17, 15) is 0 Å². The first kappa shape index (κ1) is 8.53. The van der Waals surface area contributed by atoms with Gasteiger partial charge in [0.2, 0.25) is 0 Å². The minimum atomic E-state index is 1.32. The van der Waals surface area contributed by atoms with Crippen LogP contribution < -0.4 is 5.14 Å². The molecule has 50 valence electrons. The van der Waals surface area contributed by atoms with E-state index in [-0.39, 0.29) is 0 Å². The van der Waals surface area contributed by atoms with Crippen LogP contribution >= 0.6 is 12.8 Å². The molecular weight excluding hydrogens is 130 g/mol. The van der Waals surface area contributed by atoms with Gasteiger partial charge >= 0.3 is 0 Å². The SMILES string of the molecule is Cc1ccccc1.NS. The number of rotatable bonds is 0. The Kier molecular flexibility index (Phi) is 5.37. The van der Waals surface area contributed by atoms with Crippen LogP contribution in [0.25, 0.3) is 0 Å². The van der Waals surface area contributed by atoms with Crippen molar-refractivity contribution in [2.75, 3.05) is 0 Å². The number of hydrogen-bond donors (Lipinski definition) is 2. The highest BCUT2D eigenvalue weighted by atomic mass is 32.1. The van der Waals surface area contributed by atoms with Gasteiger partial charge < -0.3 is 0 Å². The van der Waals surface area contributed by atoms with E-state index in [0.29, 0.717) is 0 Å². The topological polar surface area (TPSA) is 26.0 Å². The fourth-order valence-corrected chi connectivity index (χ4v) is 0.534. The average molecular weight is 141 g/mol. The molecule has 0 aromatic heterocycles. The second-order valence-electron chi connectivity index (χ2n) is 1.65. The van der Waals surface area contributed by atoms with Crippen molar-refractivity contribution in [3.05, 3.63) is 35.9 Å². The van der Waals surface area contributed by atoms with Crippen LogP contribution in [0.15, 0.2) is 30.3 Å². The Hall–Kier alpha value is -0.470. The van der Waals surface area contributed by atoms with Crippen molar-refractivity contribution < 1.29 is 0 Å². The Morgan fingerprint density at radius 3 is 1.78 bits per heavy atom. The van der Waals surface area contributed by atoms with E-state index < -0.39 is 0 Å². The van der Waals surface area contributed by atoms with Gasteiger partial charge in [-0.2, -0.15) is 0 Å². The first-order valence-corrected chi connectivity index (χ1v) is 3.19. The molecule has 1 rings (SSSR count). The molecule has 0 saturated heterocycles. The standard InChI is InChI=1S/C7H8.H3NS/c1-7-5-3-2-4-6-7;1-2/h2-6H,1H3;2H,1H2. The number of benzene rings is 1. The molecule has 0 saturated carbocycles. The summed E-state index contributed by atoms with van der Waals surface area (Å²) in [5, 5.41) is 4.19. The first-order valence-electron chi connectivity index (χ1n) is 2.67. The van der Waals surface area contributed by atoms with Crippen molar-refractivity contribution in [3.63, 3.8) is 0 Å². The quantitative estimate of drug-likeness (QED) is 0.529. The molecular formula is C7H11NS. The largest absolute Gasteiger partial charge is 0.281 e. The molecule has 0 bridgehead atoms. The van der Waals surface area contributed by atoms with E-state index in [1.807, 2.05) is 18.2 Å². The molecule has 1 aromatic rings. The Morgan fingerprint density at radius 1 is 1.11 bits per heavy atom. The van der Waals surface area contributed by atoms with Crippen LogP contribution in [-0.2, 0) is 0 Å². The molecule has 0 amide bonds. The first-order chi connectivity index (χ1) is 4.39. The van der Waals surface area contributed by atoms with Crippen LogP contribution in [0, 0.1) is 6.92 Å². The van der Waals surface area contributed by atoms with Crippen LogP contribution in [0.4, 0.5) is 0 Å². The van der Waals surface area contributed by atoms with Crippen molar-refractivity contribution in [3.8, 4) is 0 Å². The third-order valence-electron chi connectivity index (χ3n) is 0.940. The number of aryl methyl sites for hydroxylation is 1. The lowest BCUT2D eigenvalue weighted by atomic mass is 10.2. The Labute approximate surface area is 61.4 Å². The zero-order valence-electron chi connectivity index (χ0n) is 5.41. The molecule has 2 N–H and O–H groups in total. The zero-order chi connectivity index (χ0) is 7.11. The third kappa shape index (κ3) is 4.06. The molecule has 0 radical (unpaired) electrons. The Balaban J connectivity index is 0.000000291. The molecule has 2 heteroatoms. The van der Waals surface area contributed by atoms with E-state index in [2.05, 4.69) is 37.0 Å². The van der Waals surface area contributed by atoms with Gasteiger partial charge in [-0.25, -0.2) is 0 Å². The maximum atomic E-state index is 4.19. The molecule has 0 aliphatic carbocycles. The van der Waals surface area contributed by atoms with Gasteiger partial charge in [0, 0.05) is 0 Å². The van der Waals surface area contributed by atoms with Crippen LogP contribution in [0.3, 0.4) is 0 Å². The van der Waals surface area contributed by atoms with E-state index in [1.165, 1.54) is 5.56 Å². The maximum Gasteiger partial charge on any atom is -0.0398 e. The second kappa shape index (κ2) is 5.66. The smallest absolute Gasteiger partial charge is 0.0398 e. The summed E-state index contributed by atoms with van der Waals surface area (Å²) >= 11 is 3.03. The lowest BCUT2D eigenvalue weighted by Gasteiger charge is -1.82. The summed E-state index contributed by atoms with van der Waals surface area (Å²) in [7, 11) is 0. The summed E-state index contributed by atoms with van der Waals surface area (Å²) in [6, 6.07) is 10.3. The summed E-state index contributed by atoms with van der Waals surface area (Å²) in [5.41, 5.74) is 1.32. The molecule has 0 unspecified atom stereocenters. The van der Waals surface area contributed by atoms with Gasteiger partial charge in [0.1, 0.15) is 0 Å². The van der Waals surface area contributed by atoms with Crippen molar-refractivity contribution in [1.82, 2.24) is 0 Å². The van der Waals surface area contributed by atoms with Crippen molar-refractivity contribution in [2.24, 2.45) is 5.14 Å². The van der Waals surface area contributed by atoms with E-state index in [1.54, 1.807) is 0 Å². The lowest BCUT2D eigenvalue weighted by Crippen LogP contribution is -1.62. The summed E-state index contributed by atoms with van der Waals surface area (Å²) < 4.78 is 0. The summed E-state index contributed by atoms with van der Waals surface area (Å²) in [6.45, 7) is 2.08. The average Bonchev–Trinajstić information content (AvgIpc) is 1.94. The van der Waals surface area contributed by atoms with Gasteiger partial charge in [-0.1, -0.05) is 35.9 Å². The highest BCUT2D eigenvalue weighted by Gasteiger charge is 1.72. The molecule has 0 heterocycles. The van der Waals surface area contributed by atoms with E-state index in [4.69, 9.17) is 0 Å². The van der Waals surface area contributed by atoms with Gasteiger partial charge in [-0.3, -0.25) is 5.14 Å². The van der Waals surface area contributed by atoms with Crippen LogP contribution in [0.5, 0.6) is 0 Å².